The molecule has 0 radical (unpaired) electrons. The Morgan fingerprint density at radius 1 is 1.36 bits per heavy atom. The molecule has 25 heavy (non-hydrogen) atoms. The quantitative estimate of drug-likeness (QED) is 0.709. The Bertz CT molecular complexity index is 766. The molecule has 1 atom stereocenters. The molecule has 134 valence electrons. The van der Waals surface area contributed by atoms with Crippen molar-refractivity contribution in [1.82, 2.24) is 4.98 Å². The fourth-order valence-electron chi connectivity index (χ4n) is 1.83. The first-order valence-corrected chi connectivity index (χ1v) is 9.05. The molecule has 9 heteroatoms. The highest BCUT2D eigenvalue weighted by molar-refractivity contribution is 7.13. The monoisotopic (exact) mass is 402 g/mol. The van der Waals surface area contributed by atoms with Gasteiger partial charge < -0.3 is 9.47 Å². The molecule has 2 rings (SSSR count). The van der Waals surface area contributed by atoms with Gasteiger partial charge in [-0.05, 0) is 32.0 Å². The Labute approximate surface area is 159 Å². The number of nitrogens with one attached hydrogen (secondary N) is 1. The van der Waals surface area contributed by atoms with E-state index in [2.05, 4.69) is 10.3 Å². The molecule has 2 aromatic rings. The summed E-state index contributed by atoms with van der Waals surface area (Å²) in [6.45, 7) is 3.64. The fraction of sp³-hybridized carbons (Fsp3) is 0.312. The van der Waals surface area contributed by atoms with Crippen molar-refractivity contribution in [2.45, 2.75) is 26.4 Å². The van der Waals surface area contributed by atoms with Crippen molar-refractivity contribution in [2.75, 3.05) is 11.9 Å². The van der Waals surface area contributed by atoms with Gasteiger partial charge in [0.15, 0.2) is 11.2 Å². The summed E-state index contributed by atoms with van der Waals surface area (Å²) in [5, 5.41) is 5.50. The molecule has 0 bridgehead atoms. The summed E-state index contributed by atoms with van der Waals surface area (Å²) in [6, 6.07) is 4.75. The molecule has 0 aliphatic rings. The van der Waals surface area contributed by atoms with Gasteiger partial charge in [0.05, 0.1) is 23.7 Å². The molecule has 1 heterocycles. The Balaban J connectivity index is 1.92. The Hall–Kier alpha value is -1.83. The second-order valence-electron chi connectivity index (χ2n) is 4.95. The molecular formula is C16H16Cl2N2O4S. The van der Waals surface area contributed by atoms with Crippen LogP contribution in [-0.4, -0.2) is 29.6 Å². The minimum Gasteiger partial charge on any atom is -0.479 e. The summed E-state index contributed by atoms with van der Waals surface area (Å²) in [7, 11) is 0. The molecule has 0 aliphatic heterocycles. The summed E-state index contributed by atoms with van der Waals surface area (Å²) >= 11 is 13.1. The van der Waals surface area contributed by atoms with Crippen molar-refractivity contribution in [1.29, 1.82) is 0 Å². The number of benzene rings is 1. The number of ether oxygens (including phenoxy) is 2. The number of esters is 1. The first-order valence-electron chi connectivity index (χ1n) is 7.41. The molecule has 0 aliphatic carbocycles. The number of aromatic nitrogens is 1. The molecule has 0 fully saturated rings. The zero-order chi connectivity index (χ0) is 18.4. The highest BCUT2D eigenvalue weighted by atomic mass is 35.5. The van der Waals surface area contributed by atoms with Gasteiger partial charge in [-0.3, -0.25) is 14.9 Å². The van der Waals surface area contributed by atoms with E-state index in [1.807, 2.05) is 0 Å². The van der Waals surface area contributed by atoms with Gasteiger partial charge in [0.25, 0.3) is 5.91 Å². The summed E-state index contributed by atoms with van der Waals surface area (Å²) < 4.78 is 10.4. The molecule has 0 spiro atoms. The van der Waals surface area contributed by atoms with Gasteiger partial charge in [-0.15, -0.1) is 11.3 Å². The summed E-state index contributed by atoms with van der Waals surface area (Å²) in [6.07, 6.45) is -0.733. The van der Waals surface area contributed by atoms with Gasteiger partial charge in [0.2, 0.25) is 0 Å². The molecule has 6 nitrogen and oxygen atoms in total. The molecule has 1 aromatic heterocycles. The molecule has 0 saturated heterocycles. The van der Waals surface area contributed by atoms with Crippen LogP contribution in [0.4, 0.5) is 5.13 Å². The zero-order valence-corrected chi connectivity index (χ0v) is 15.9. The molecule has 1 N–H and O–H groups in total. The van der Waals surface area contributed by atoms with Crippen LogP contribution in [0.2, 0.25) is 10.0 Å². The van der Waals surface area contributed by atoms with E-state index in [-0.39, 0.29) is 18.3 Å². The van der Waals surface area contributed by atoms with Crippen molar-refractivity contribution in [3.05, 3.63) is 39.3 Å². The topological polar surface area (TPSA) is 77.5 Å². The zero-order valence-electron chi connectivity index (χ0n) is 13.5. The third kappa shape index (κ3) is 5.88. The van der Waals surface area contributed by atoms with Crippen LogP contribution in [0, 0.1) is 0 Å². The number of carbonyl (C=O) groups excluding carboxylic acids is 2. The van der Waals surface area contributed by atoms with Crippen molar-refractivity contribution >= 4 is 51.5 Å². The van der Waals surface area contributed by atoms with E-state index in [0.717, 1.165) is 0 Å². The predicted octanol–water partition coefficient (Wildman–Crippen LogP) is 3.96. The van der Waals surface area contributed by atoms with Gasteiger partial charge in [0.1, 0.15) is 5.75 Å². The number of hydrogen-bond acceptors (Lipinski definition) is 6. The lowest BCUT2D eigenvalue weighted by Gasteiger charge is -2.14. The van der Waals surface area contributed by atoms with Gasteiger partial charge >= 0.3 is 5.97 Å². The summed E-state index contributed by atoms with van der Waals surface area (Å²) in [5.74, 6) is -0.390. The maximum atomic E-state index is 12.2. The molecule has 0 saturated carbocycles. The van der Waals surface area contributed by atoms with Crippen LogP contribution in [0.15, 0.2) is 23.6 Å². The third-order valence-corrected chi connectivity index (χ3v) is 4.32. The minimum atomic E-state index is -0.795. The fourth-order valence-corrected chi connectivity index (χ4v) is 2.99. The highest BCUT2D eigenvalue weighted by Crippen LogP contribution is 2.28. The van der Waals surface area contributed by atoms with E-state index in [9.17, 15) is 9.59 Å². The Morgan fingerprint density at radius 2 is 2.12 bits per heavy atom. The normalized spacial score (nSPS) is 11.7. The number of carbonyl (C=O) groups is 2. The second kappa shape index (κ2) is 9.03. The smallest absolute Gasteiger partial charge is 0.311 e. The minimum absolute atomic E-state index is 0.0621. The highest BCUT2D eigenvalue weighted by Gasteiger charge is 2.18. The molecule has 1 aromatic carbocycles. The Kier molecular flexibility index (Phi) is 7.04. The van der Waals surface area contributed by atoms with E-state index in [1.165, 1.54) is 17.4 Å². The number of halogens is 2. The summed E-state index contributed by atoms with van der Waals surface area (Å²) in [5.41, 5.74) is 0.535. The van der Waals surface area contributed by atoms with Gasteiger partial charge in [0, 0.05) is 10.4 Å². The van der Waals surface area contributed by atoms with Crippen LogP contribution in [0.25, 0.3) is 0 Å². The van der Waals surface area contributed by atoms with E-state index in [1.54, 1.807) is 31.4 Å². The number of hydrogen-bond donors (Lipinski definition) is 1. The second-order valence-corrected chi connectivity index (χ2v) is 6.65. The maximum absolute atomic E-state index is 12.2. The van der Waals surface area contributed by atoms with Crippen molar-refractivity contribution in [3.63, 3.8) is 0 Å². The van der Waals surface area contributed by atoms with Gasteiger partial charge in [-0.1, -0.05) is 23.2 Å². The molecular weight excluding hydrogens is 387 g/mol. The predicted molar refractivity (Wildman–Crippen MR) is 97.6 cm³/mol. The lowest BCUT2D eigenvalue weighted by atomic mass is 10.3. The number of nitrogens with zero attached hydrogens (tertiary/aromatic N) is 1. The standard InChI is InChI=1S/C16H16Cl2N2O4S/c1-3-23-14(21)7-11-8-25-16(19-11)20-15(22)9(2)24-13-5-4-10(17)6-12(13)18/h4-6,8-9H,3,7H2,1-2H3,(H,19,20,22)/t9-/m0/s1. The number of amides is 1. The summed E-state index contributed by atoms with van der Waals surface area (Å²) in [4.78, 5) is 27.8. The number of thiazole rings is 1. The van der Waals surface area contributed by atoms with Crippen LogP contribution in [-0.2, 0) is 20.7 Å². The average molecular weight is 403 g/mol. The largest absolute Gasteiger partial charge is 0.479 e. The molecule has 0 unspecified atom stereocenters. The van der Waals surface area contributed by atoms with Gasteiger partial charge in [-0.2, -0.15) is 0 Å². The van der Waals surface area contributed by atoms with Crippen LogP contribution in [0.3, 0.4) is 0 Å². The molecule has 1 amide bonds. The lowest BCUT2D eigenvalue weighted by Crippen LogP contribution is -2.30. The van der Waals surface area contributed by atoms with Crippen LogP contribution in [0.1, 0.15) is 19.5 Å². The number of anilines is 1. The van der Waals surface area contributed by atoms with Crippen LogP contribution >= 0.6 is 34.5 Å². The first-order chi connectivity index (χ1) is 11.9. The van der Waals surface area contributed by atoms with Crippen molar-refractivity contribution in [3.8, 4) is 5.75 Å². The SMILES string of the molecule is CCOC(=O)Cc1csc(NC(=O)[C@H](C)Oc2ccc(Cl)cc2Cl)n1. The van der Waals surface area contributed by atoms with E-state index in [0.29, 0.717) is 33.2 Å². The van der Waals surface area contributed by atoms with Crippen molar-refractivity contribution in [2.24, 2.45) is 0 Å². The van der Waals surface area contributed by atoms with E-state index >= 15 is 0 Å². The lowest BCUT2D eigenvalue weighted by molar-refractivity contribution is -0.142. The van der Waals surface area contributed by atoms with Crippen LogP contribution in [0.5, 0.6) is 5.75 Å². The number of rotatable bonds is 7. The maximum Gasteiger partial charge on any atom is 0.311 e. The Morgan fingerprint density at radius 3 is 2.80 bits per heavy atom. The first kappa shape index (κ1) is 19.5. The van der Waals surface area contributed by atoms with Crippen LogP contribution < -0.4 is 10.1 Å². The van der Waals surface area contributed by atoms with E-state index < -0.39 is 6.10 Å². The van der Waals surface area contributed by atoms with Crippen molar-refractivity contribution < 1.29 is 19.1 Å². The average Bonchev–Trinajstić information content (AvgIpc) is 2.97. The van der Waals surface area contributed by atoms with E-state index in [4.69, 9.17) is 32.7 Å². The van der Waals surface area contributed by atoms with Gasteiger partial charge in [-0.25, -0.2) is 4.98 Å². The third-order valence-electron chi connectivity index (χ3n) is 2.98.